The molecule has 10 heteroatoms. The Labute approximate surface area is 161 Å². The van der Waals surface area contributed by atoms with E-state index in [0.717, 1.165) is 24.3 Å². The predicted molar refractivity (Wildman–Crippen MR) is 94.7 cm³/mol. The lowest BCUT2D eigenvalue weighted by Crippen LogP contribution is -2.32. The smallest absolute Gasteiger partial charge is 0.338 e. The van der Waals surface area contributed by atoms with Crippen LogP contribution in [-0.2, 0) is 12.9 Å². The lowest BCUT2D eigenvalue weighted by Gasteiger charge is -2.22. The molecule has 150 valence electrons. The first kappa shape index (κ1) is 20.2. The van der Waals surface area contributed by atoms with Gasteiger partial charge in [-0.15, -0.1) is 0 Å². The van der Waals surface area contributed by atoms with E-state index in [4.69, 9.17) is 0 Å². The number of nitrogens with zero attached hydrogens (tertiary/aromatic N) is 2. The zero-order valence-electron chi connectivity index (χ0n) is 14.7. The van der Waals surface area contributed by atoms with Crippen LogP contribution in [0.25, 0.3) is 0 Å². The fraction of sp³-hybridized carbons (Fsp3) is 0.158. The predicted octanol–water partition coefficient (Wildman–Crippen LogP) is 3.17. The summed E-state index contributed by atoms with van der Waals surface area (Å²) in [5.41, 5.74) is -1.58. The number of benzene rings is 1. The molecule has 0 radical (unpaired) electrons. The molecule has 3 rings (SSSR count). The fourth-order valence-electron chi connectivity index (χ4n) is 2.67. The van der Waals surface area contributed by atoms with Crippen LogP contribution in [0.15, 0.2) is 59.5 Å². The van der Waals surface area contributed by atoms with Crippen molar-refractivity contribution in [2.75, 3.05) is 0 Å². The number of pyridine rings is 1. The van der Waals surface area contributed by atoms with Crippen molar-refractivity contribution in [3.8, 4) is 0 Å². The van der Waals surface area contributed by atoms with Crippen LogP contribution in [-0.4, -0.2) is 21.1 Å². The number of hydrogen-bond donors (Lipinski definition) is 2. The van der Waals surface area contributed by atoms with Gasteiger partial charge in [-0.05, 0) is 29.3 Å². The van der Waals surface area contributed by atoms with Gasteiger partial charge < -0.3 is 5.32 Å². The Bertz CT molecular complexity index is 1040. The van der Waals surface area contributed by atoms with Crippen LogP contribution in [0.3, 0.4) is 0 Å². The third-order valence-electron chi connectivity index (χ3n) is 4.07. The van der Waals surface area contributed by atoms with E-state index in [1.54, 1.807) is 0 Å². The maximum Gasteiger partial charge on any atom is 0.418 e. The molecule has 0 saturated heterocycles. The molecular weight excluding hydrogens is 392 g/mol. The second kappa shape index (κ2) is 8.21. The highest BCUT2D eigenvalue weighted by Gasteiger charge is 2.37. The van der Waals surface area contributed by atoms with Gasteiger partial charge in [0.05, 0.1) is 17.3 Å². The van der Waals surface area contributed by atoms with Crippen molar-refractivity contribution in [1.29, 1.82) is 0 Å². The van der Waals surface area contributed by atoms with Gasteiger partial charge in [-0.3, -0.25) is 14.6 Å². The van der Waals surface area contributed by atoms with Gasteiger partial charge in [-0.1, -0.05) is 24.3 Å². The topological polar surface area (TPSA) is 87.7 Å². The maximum absolute atomic E-state index is 13.5. The number of amides is 1. The molecule has 1 aromatic carbocycles. The highest BCUT2D eigenvalue weighted by molar-refractivity contribution is 5.92. The maximum atomic E-state index is 13.5. The summed E-state index contributed by atoms with van der Waals surface area (Å²) >= 11 is 0. The van der Waals surface area contributed by atoms with Crippen LogP contribution in [0.2, 0.25) is 0 Å². The van der Waals surface area contributed by atoms with E-state index in [1.165, 1.54) is 30.5 Å². The van der Waals surface area contributed by atoms with E-state index in [9.17, 15) is 27.2 Å². The third-order valence-corrected chi connectivity index (χ3v) is 4.07. The summed E-state index contributed by atoms with van der Waals surface area (Å²) in [5.74, 6) is -0.820. The average molecular weight is 406 g/mol. The number of carbonyl (C=O) groups is 1. The van der Waals surface area contributed by atoms with E-state index in [-0.39, 0.29) is 11.3 Å². The van der Waals surface area contributed by atoms with Crippen LogP contribution >= 0.6 is 0 Å². The average Bonchev–Trinajstić information content (AvgIpc) is 2.72. The molecule has 3 aromatic rings. The minimum absolute atomic E-state index is 0.195. The quantitative estimate of drug-likeness (QED) is 0.637. The largest absolute Gasteiger partial charge is 0.418 e. The highest BCUT2D eigenvalue weighted by atomic mass is 19.4. The van der Waals surface area contributed by atoms with Gasteiger partial charge in [-0.2, -0.15) is 18.3 Å². The van der Waals surface area contributed by atoms with Crippen molar-refractivity contribution < 1.29 is 22.4 Å². The molecule has 0 fully saturated rings. The first-order valence-corrected chi connectivity index (χ1v) is 8.33. The molecule has 0 aliphatic carbocycles. The molecule has 29 heavy (non-hydrogen) atoms. The van der Waals surface area contributed by atoms with Crippen LogP contribution in [0.5, 0.6) is 0 Å². The van der Waals surface area contributed by atoms with Gasteiger partial charge in [-0.25, -0.2) is 9.49 Å². The first-order chi connectivity index (χ1) is 13.8. The van der Waals surface area contributed by atoms with E-state index in [2.05, 4.69) is 20.5 Å². The molecule has 2 aromatic heterocycles. The molecule has 1 amide bonds. The summed E-state index contributed by atoms with van der Waals surface area (Å²) in [4.78, 5) is 27.5. The Morgan fingerprint density at radius 1 is 1.10 bits per heavy atom. The van der Waals surface area contributed by atoms with E-state index < -0.39 is 41.6 Å². The molecule has 0 aliphatic rings. The number of aromatic amines is 1. The second-order valence-electron chi connectivity index (χ2n) is 6.02. The lowest BCUT2D eigenvalue weighted by atomic mass is 9.97. The molecule has 1 atom stereocenters. The Hall–Kier alpha value is -3.56. The monoisotopic (exact) mass is 406 g/mol. The summed E-state index contributed by atoms with van der Waals surface area (Å²) < 4.78 is 53.3. The summed E-state index contributed by atoms with van der Waals surface area (Å²) in [6, 6.07) is 8.55. The van der Waals surface area contributed by atoms with Crippen molar-refractivity contribution in [1.82, 2.24) is 20.5 Å². The second-order valence-corrected chi connectivity index (χ2v) is 6.02. The zero-order valence-corrected chi connectivity index (χ0v) is 14.7. The molecule has 2 heterocycles. The molecule has 6 nitrogen and oxygen atoms in total. The van der Waals surface area contributed by atoms with Crippen LogP contribution in [0, 0.1) is 0 Å². The minimum Gasteiger partial charge on any atom is -0.338 e. The van der Waals surface area contributed by atoms with E-state index >= 15 is 0 Å². The summed E-state index contributed by atoms with van der Waals surface area (Å²) in [7, 11) is 0. The summed E-state index contributed by atoms with van der Waals surface area (Å²) in [6.07, 6.45) is -3.53. The summed E-state index contributed by atoms with van der Waals surface area (Å²) in [6.45, 7) is -0.740. The van der Waals surface area contributed by atoms with Crippen molar-refractivity contribution in [2.24, 2.45) is 0 Å². The van der Waals surface area contributed by atoms with Crippen LogP contribution in [0.4, 0.5) is 17.6 Å². The third kappa shape index (κ3) is 4.65. The van der Waals surface area contributed by atoms with Crippen molar-refractivity contribution >= 4 is 5.91 Å². The van der Waals surface area contributed by atoms with E-state index in [0.29, 0.717) is 5.56 Å². The number of hydrogen-bond acceptors (Lipinski definition) is 4. The number of rotatable bonds is 5. The standard InChI is InChI=1S/C19H14F4N4O2/c20-10-11-3-5-12(6-4-11)16(17-13(19(21,22)23)2-1-9-24-17)25-18(29)14-7-8-15(28)27-26-14/h1-9,16H,10H2,(H,25,29)(H,27,28)/t16-/m0/s1. The number of aromatic nitrogens is 3. The van der Waals surface area contributed by atoms with Gasteiger partial charge >= 0.3 is 6.18 Å². The van der Waals surface area contributed by atoms with Gasteiger partial charge in [0, 0.05) is 12.3 Å². The van der Waals surface area contributed by atoms with E-state index in [1.807, 2.05) is 0 Å². The Kier molecular flexibility index (Phi) is 5.71. The molecule has 0 aliphatic heterocycles. The number of alkyl halides is 4. The number of H-pyrrole nitrogens is 1. The molecule has 0 spiro atoms. The van der Waals surface area contributed by atoms with Gasteiger partial charge in [0.25, 0.3) is 11.5 Å². The molecule has 0 saturated carbocycles. The van der Waals surface area contributed by atoms with Crippen molar-refractivity contribution in [3.63, 3.8) is 0 Å². The zero-order chi connectivity index (χ0) is 21.0. The fourth-order valence-corrected chi connectivity index (χ4v) is 2.67. The number of halogens is 4. The highest BCUT2D eigenvalue weighted by Crippen LogP contribution is 2.35. The molecule has 2 N–H and O–H groups in total. The number of carbonyl (C=O) groups excluding carboxylic acids is 1. The summed E-state index contributed by atoms with van der Waals surface area (Å²) in [5, 5.41) is 8.11. The SMILES string of the molecule is O=C(N[C@@H](c1ccc(CF)cc1)c1ncccc1C(F)(F)F)c1ccc(=O)[nH]n1. The number of nitrogens with one attached hydrogen (secondary N) is 2. The van der Waals surface area contributed by atoms with Crippen LogP contribution < -0.4 is 10.9 Å². The van der Waals surface area contributed by atoms with Gasteiger partial charge in [0.2, 0.25) is 0 Å². The van der Waals surface area contributed by atoms with Gasteiger partial charge in [0.1, 0.15) is 12.4 Å². The minimum atomic E-state index is -4.71. The Balaban J connectivity index is 2.06. The van der Waals surface area contributed by atoms with Crippen molar-refractivity contribution in [2.45, 2.75) is 18.9 Å². The van der Waals surface area contributed by atoms with Crippen LogP contribution in [0.1, 0.15) is 38.9 Å². The molecule has 0 bridgehead atoms. The van der Waals surface area contributed by atoms with Crippen molar-refractivity contribution in [3.05, 3.63) is 93.2 Å². The molecular formula is C19H14F4N4O2. The Morgan fingerprint density at radius 3 is 2.41 bits per heavy atom. The van der Waals surface area contributed by atoms with Gasteiger partial charge in [0.15, 0.2) is 0 Å². The Morgan fingerprint density at radius 2 is 1.83 bits per heavy atom. The normalized spacial score (nSPS) is 12.4. The first-order valence-electron chi connectivity index (χ1n) is 8.33. The molecule has 0 unspecified atom stereocenters. The lowest BCUT2D eigenvalue weighted by molar-refractivity contribution is -0.138.